The lowest BCUT2D eigenvalue weighted by molar-refractivity contribution is 0.0454. The molecule has 1 saturated heterocycles. The van der Waals surface area contributed by atoms with Gasteiger partial charge >= 0.3 is 0 Å². The SMILES string of the molecule is COc1ccc2c3c(n(C)c2c1)[C@@H](CO)N(C)CC31CN(S(C)(=O)=O)C1. The van der Waals surface area contributed by atoms with Crippen LogP contribution in [0.4, 0.5) is 0 Å². The van der Waals surface area contributed by atoms with Gasteiger partial charge in [0, 0.05) is 49.2 Å². The van der Waals surface area contributed by atoms with Crippen molar-refractivity contribution < 1.29 is 18.3 Å². The van der Waals surface area contributed by atoms with Crippen LogP contribution in [-0.4, -0.2) is 74.0 Å². The molecule has 8 heteroatoms. The molecule has 0 radical (unpaired) electrons. The van der Waals surface area contributed by atoms with Gasteiger partial charge in [-0.1, -0.05) is 0 Å². The number of likely N-dealkylation sites (N-methyl/N-ethyl adjacent to an activating group) is 1. The Bertz CT molecular complexity index is 976. The first kappa shape index (κ1) is 17.8. The first-order valence-corrected chi connectivity index (χ1v) is 10.5. The van der Waals surface area contributed by atoms with E-state index in [1.807, 2.05) is 26.2 Å². The van der Waals surface area contributed by atoms with Gasteiger partial charge in [-0.3, -0.25) is 4.90 Å². The van der Waals surface area contributed by atoms with E-state index in [4.69, 9.17) is 4.74 Å². The maximum Gasteiger partial charge on any atom is 0.211 e. The Kier molecular flexibility index (Phi) is 3.89. The van der Waals surface area contributed by atoms with Crippen molar-refractivity contribution in [2.45, 2.75) is 11.5 Å². The van der Waals surface area contributed by atoms with E-state index in [9.17, 15) is 13.5 Å². The van der Waals surface area contributed by atoms with Gasteiger partial charge < -0.3 is 14.4 Å². The number of ether oxygens (including phenoxy) is 1. The predicted octanol–water partition coefficient (Wildman–Crippen LogP) is 0.679. The van der Waals surface area contributed by atoms with Crippen molar-refractivity contribution in [3.05, 3.63) is 29.5 Å². The molecule has 1 N–H and O–H groups in total. The lowest BCUT2D eigenvalue weighted by Crippen LogP contribution is -2.67. The number of benzene rings is 1. The van der Waals surface area contributed by atoms with Crippen molar-refractivity contribution in [3.8, 4) is 5.75 Å². The zero-order valence-electron chi connectivity index (χ0n) is 15.6. The number of aryl methyl sites for hydroxylation is 1. The van der Waals surface area contributed by atoms with E-state index in [0.29, 0.717) is 13.1 Å². The van der Waals surface area contributed by atoms with Crippen LogP contribution in [0, 0.1) is 0 Å². The zero-order valence-corrected chi connectivity index (χ0v) is 16.4. The highest BCUT2D eigenvalue weighted by Crippen LogP contribution is 2.49. The summed E-state index contributed by atoms with van der Waals surface area (Å²) in [7, 11) is 2.44. The summed E-state index contributed by atoms with van der Waals surface area (Å²) in [5, 5.41) is 11.1. The number of sulfonamides is 1. The Balaban J connectivity index is 1.94. The van der Waals surface area contributed by atoms with Crippen LogP contribution in [0.2, 0.25) is 0 Å². The normalized spacial score (nSPS) is 23.2. The minimum Gasteiger partial charge on any atom is -0.497 e. The number of aliphatic hydroxyl groups excluding tert-OH is 1. The third-order valence-corrected chi connectivity index (χ3v) is 7.18. The topological polar surface area (TPSA) is 75.0 Å². The summed E-state index contributed by atoms with van der Waals surface area (Å²) in [6, 6.07) is 5.89. The fourth-order valence-corrected chi connectivity index (χ4v) is 5.70. The molecule has 3 heterocycles. The number of methoxy groups -OCH3 is 1. The highest BCUT2D eigenvalue weighted by Gasteiger charge is 2.54. The third-order valence-electron chi connectivity index (χ3n) is 5.98. The molecule has 0 aliphatic carbocycles. The molecule has 0 unspecified atom stereocenters. The van der Waals surface area contributed by atoms with E-state index < -0.39 is 10.0 Å². The average molecular weight is 379 g/mol. The van der Waals surface area contributed by atoms with Crippen LogP contribution in [0.25, 0.3) is 10.9 Å². The third kappa shape index (κ3) is 2.32. The van der Waals surface area contributed by atoms with E-state index in [0.717, 1.165) is 28.9 Å². The number of hydrogen-bond donors (Lipinski definition) is 1. The van der Waals surface area contributed by atoms with E-state index in [-0.39, 0.29) is 18.1 Å². The summed E-state index contributed by atoms with van der Waals surface area (Å²) in [4.78, 5) is 2.14. The first-order valence-electron chi connectivity index (χ1n) is 8.65. The second-order valence-corrected chi connectivity index (χ2v) is 9.61. The molecule has 2 aromatic rings. The lowest BCUT2D eigenvalue weighted by atomic mass is 9.70. The predicted molar refractivity (Wildman–Crippen MR) is 100 cm³/mol. The molecule has 7 nitrogen and oxygen atoms in total. The minimum absolute atomic E-state index is 0.0245. The second kappa shape index (κ2) is 5.69. The van der Waals surface area contributed by atoms with Crippen LogP contribution >= 0.6 is 0 Å². The van der Waals surface area contributed by atoms with Gasteiger partial charge in [0.15, 0.2) is 0 Å². The smallest absolute Gasteiger partial charge is 0.211 e. The van der Waals surface area contributed by atoms with Crippen molar-refractivity contribution in [2.75, 3.05) is 46.7 Å². The van der Waals surface area contributed by atoms with Crippen LogP contribution in [0.15, 0.2) is 18.2 Å². The van der Waals surface area contributed by atoms with Gasteiger partial charge in [0.1, 0.15) is 5.75 Å². The molecule has 2 aliphatic rings. The lowest BCUT2D eigenvalue weighted by Gasteiger charge is -2.54. The first-order chi connectivity index (χ1) is 12.2. The Morgan fingerprint density at radius 3 is 2.54 bits per heavy atom. The highest BCUT2D eigenvalue weighted by molar-refractivity contribution is 7.88. The summed E-state index contributed by atoms with van der Waals surface area (Å²) < 4.78 is 32.9. The molecule has 0 saturated carbocycles. The number of nitrogens with zero attached hydrogens (tertiary/aromatic N) is 3. The fraction of sp³-hybridized carbons (Fsp3) is 0.556. The number of aromatic nitrogens is 1. The average Bonchev–Trinajstić information content (AvgIpc) is 2.84. The molecule has 0 bridgehead atoms. The van der Waals surface area contributed by atoms with E-state index >= 15 is 0 Å². The highest BCUT2D eigenvalue weighted by atomic mass is 32.2. The van der Waals surface area contributed by atoms with Gasteiger partial charge in [-0.15, -0.1) is 0 Å². The van der Waals surface area contributed by atoms with Gasteiger partial charge in [-0.05, 0) is 24.7 Å². The molecule has 4 rings (SSSR count). The van der Waals surface area contributed by atoms with Gasteiger partial charge in [0.05, 0.1) is 31.5 Å². The standard InChI is InChI=1S/C18H25N3O4S/c1-19-9-18(10-21(11-18)26(4,23)24)16-13-6-5-12(25-3)7-14(13)20(2)17(16)15(19)8-22/h5-7,15,22H,8-11H2,1-4H3/t15-/m1/s1. The van der Waals surface area contributed by atoms with Gasteiger partial charge in [-0.25, -0.2) is 12.7 Å². The Hall–Kier alpha value is -1.61. The maximum absolute atomic E-state index is 12.0. The van der Waals surface area contributed by atoms with Crippen LogP contribution in [0.3, 0.4) is 0 Å². The van der Waals surface area contributed by atoms with Crippen molar-refractivity contribution in [1.82, 2.24) is 13.8 Å². The molecule has 1 spiro atoms. The molecule has 1 aromatic carbocycles. The minimum atomic E-state index is -3.20. The molecule has 2 aliphatic heterocycles. The summed E-state index contributed by atoms with van der Waals surface area (Å²) in [5.74, 6) is 0.782. The molecular formula is C18H25N3O4S. The molecule has 26 heavy (non-hydrogen) atoms. The molecule has 142 valence electrons. The molecular weight excluding hydrogens is 354 g/mol. The van der Waals surface area contributed by atoms with Gasteiger partial charge in [0.2, 0.25) is 10.0 Å². The number of rotatable bonds is 3. The van der Waals surface area contributed by atoms with E-state index in [2.05, 4.69) is 15.5 Å². The summed E-state index contributed by atoms with van der Waals surface area (Å²) >= 11 is 0. The molecule has 1 atom stereocenters. The van der Waals surface area contributed by atoms with Crippen molar-refractivity contribution in [3.63, 3.8) is 0 Å². The number of hydrogen-bond acceptors (Lipinski definition) is 5. The van der Waals surface area contributed by atoms with Gasteiger partial charge in [-0.2, -0.15) is 0 Å². The summed E-state index contributed by atoms with van der Waals surface area (Å²) in [6.45, 7) is 1.71. The number of fused-ring (bicyclic) bond motifs is 4. The van der Waals surface area contributed by atoms with Crippen LogP contribution < -0.4 is 4.74 Å². The maximum atomic E-state index is 12.0. The zero-order chi connectivity index (χ0) is 18.9. The fourth-order valence-electron chi connectivity index (χ4n) is 4.73. The largest absolute Gasteiger partial charge is 0.497 e. The van der Waals surface area contributed by atoms with Crippen molar-refractivity contribution >= 4 is 20.9 Å². The van der Waals surface area contributed by atoms with Crippen LogP contribution in [-0.2, 0) is 22.5 Å². The van der Waals surface area contributed by atoms with E-state index in [1.54, 1.807) is 7.11 Å². The Labute approximate surface area is 153 Å². The number of aliphatic hydroxyl groups is 1. The van der Waals surface area contributed by atoms with Crippen molar-refractivity contribution in [1.29, 1.82) is 0 Å². The van der Waals surface area contributed by atoms with Crippen LogP contribution in [0.1, 0.15) is 17.3 Å². The van der Waals surface area contributed by atoms with Crippen molar-refractivity contribution in [2.24, 2.45) is 7.05 Å². The molecule has 1 fully saturated rings. The summed E-state index contributed by atoms with van der Waals surface area (Å²) in [6.07, 6.45) is 1.26. The second-order valence-electron chi connectivity index (χ2n) is 7.63. The quantitative estimate of drug-likeness (QED) is 0.849. The summed E-state index contributed by atoms with van der Waals surface area (Å²) in [5.41, 5.74) is 3.04. The molecule has 1 aromatic heterocycles. The Morgan fingerprint density at radius 1 is 1.27 bits per heavy atom. The molecule has 0 amide bonds. The van der Waals surface area contributed by atoms with Crippen LogP contribution in [0.5, 0.6) is 5.75 Å². The monoisotopic (exact) mass is 379 g/mol. The van der Waals surface area contributed by atoms with E-state index in [1.165, 1.54) is 16.1 Å². The van der Waals surface area contributed by atoms with Gasteiger partial charge in [0.25, 0.3) is 0 Å². The Morgan fingerprint density at radius 2 is 1.96 bits per heavy atom.